The molecule has 1 unspecified atom stereocenters. The molecular formula is C10H10BrFN2O5. The van der Waals surface area contributed by atoms with Crippen LogP contribution in [0.5, 0.6) is 0 Å². The Morgan fingerprint density at radius 3 is 2.79 bits per heavy atom. The molecule has 0 aliphatic rings. The molecule has 0 amide bonds. The topological polar surface area (TPSA) is 102 Å². The van der Waals surface area contributed by atoms with Crippen LogP contribution in [-0.4, -0.2) is 35.8 Å². The summed E-state index contributed by atoms with van der Waals surface area (Å²) in [5.74, 6) is -2.05. The second kappa shape index (κ2) is 6.43. The summed E-state index contributed by atoms with van der Waals surface area (Å²) in [6.07, 6.45) is 0. The van der Waals surface area contributed by atoms with Crippen molar-refractivity contribution < 1.29 is 24.0 Å². The minimum Gasteiger partial charge on any atom is -0.480 e. The fraction of sp³-hybridized carbons (Fsp3) is 0.300. The zero-order chi connectivity index (χ0) is 14.6. The zero-order valence-corrected chi connectivity index (χ0v) is 11.3. The van der Waals surface area contributed by atoms with Crippen molar-refractivity contribution >= 4 is 33.3 Å². The van der Waals surface area contributed by atoms with E-state index in [0.717, 1.165) is 6.07 Å². The lowest BCUT2D eigenvalue weighted by Gasteiger charge is -2.15. The van der Waals surface area contributed by atoms with E-state index in [0.29, 0.717) is 6.07 Å². The molecule has 1 aromatic carbocycles. The highest BCUT2D eigenvalue weighted by Crippen LogP contribution is 2.31. The first-order chi connectivity index (χ1) is 8.86. The van der Waals surface area contributed by atoms with Crippen molar-refractivity contribution in [2.24, 2.45) is 0 Å². The van der Waals surface area contributed by atoms with Gasteiger partial charge < -0.3 is 15.2 Å². The number of ether oxygens (including phenoxy) is 1. The summed E-state index contributed by atoms with van der Waals surface area (Å²) < 4.78 is 17.9. The van der Waals surface area contributed by atoms with Crippen molar-refractivity contribution in [3.8, 4) is 0 Å². The lowest BCUT2D eigenvalue weighted by atomic mass is 10.2. The van der Waals surface area contributed by atoms with Crippen molar-refractivity contribution in [3.63, 3.8) is 0 Å². The van der Waals surface area contributed by atoms with Crippen molar-refractivity contribution in [1.29, 1.82) is 0 Å². The van der Waals surface area contributed by atoms with Gasteiger partial charge in [-0.25, -0.2) is 9.18 Å². The van der Waals surface area contributed by atoms with E-state index < -0.39 is 28.4 Å². The third-order valence-electron chi connectivity index (χ3n) is 2.20. The Morgan fingerprint density at radius 1 is 1.68 bits per heavy atom. The van der Waals surface area contributed by atoms with Crippen molar-refractivity contribution in [1.82, 2.24) is 0 Å². The fourth-order valence-corrected chi connectivity index (χ4v) is 1.68. The van der Waals surface area contributed by atoms with Crippen LogP contribution in [0, 0.1) is 15.9 Å². The molecule has 0 spiro atoms. The molecule has 0 saturated carbocycles. The maximum Gasteiger partial charge on any atom is 0.328 e. The normalized spacial score (nSPS) is 11.9. The molecule has 0 aliphatic heterocycles. The molecule has 0 heterocycles. The Kier molecular flexibility index (Phi) is 5.19. The highest BCUT2D eigenvalue weighted by Gasteiger charge is 2.23. The van der Waals surface area contributed by atoms with Crippen molar-refractivity contribution in [2.45, 2.75) is 6.04 Å². The second-order valence-electron chi connectivity index (χ2n) is 3.53. The molecule has 7 nitrogen and oxygen atoms in total. The van der Waals surface area contributed by atoms with Crippen molar-refractivity contribution in [2.75, 3.05) is 19.0 Å². The molecular weight excluding hydrogens is 327 g/mol. The average molecular weight is 337 g/mol. The van der Waals surface area contributed by atoms with Gasteiger partial charge >= 0.3 is 5.97 Å². The number of methoxy groups -OCH3 is 1. The number of halogens is 2. The summed E-state index contributed by atoms with van der Waals surface area (Å²) in [5, 5.41) is 22.2. The number of nitro groups is 1. The number of nitrogens with one attached hydrogen (secondary N) is 1. The monoisotopic (exact) mass is 336 g/mol. The molecule has 1 atom stereocenters. The first kappa shape index (κ1) is 15.3. The van der Waals surface area contributed by atoms with Crippen molar-refractivity contribution in [3.05, 3.63) is 32.5 Å². The molecule has 1 aromatic rings. The average Bonchev–Trinajstić information content (AvgIpc) is 2.32. The Bertz CT molecular complexity index is 511. The molecule has 0 fully saturated rings. The lowest BCUT2D eigenvalue weighted by Crippen LogP contribution is -2.33. The van der Waals surface area contributed by atoms with Gasteiger partial charge in [-0.2, -0.15) is 0 Å². The lowest BCUT2D eigenvalue weighted by molar-refractivity contribution is -0.384. The number of carboxylic acid groups (broad SMARTS) is 1. The first-order valence-electron chi connectivity index (χ1n) is 4.98. The van der Waals surface area contributed by atoms with E-state index >= 15 is 0 Å². The zero-order valence-electron chi connectivity index (χ0n) is 9.72. The van der Waals surface area contributed by atoms with Crippen LogP contribution in [0.2, 0.25) is 0 Å². The summed E-state index contributed by atoms with van der Waals surface area (Å²) >= 11 is 2.88. The van der Waals surface area contributed by atoms with E-state index in [9.17, 15) is 19.3 Å². The Labute approximate surface area is 115 Å². The molecule has 0 aliphatic carbocycles. The number of carboxylic acids is 1. The number of nitro benzene ring substituents is 1. The SMILES string of the molecule is COCC(Nc1cc(Br)c(F)cc1[N+](=O)[O-])C(=O)O. The number of hydrogen-bond donors (Lipinski definition) is 2. The van der Waals surface area contributed by atoms with Gasteiger partial charge in [0.25, 0.3) is 5.69 Å². The summed E-state index contributed by atoms with van der Waals surface area (Å²) in [6.45, 7) is -0.193. The van der Waals surface area contributed by atoms with Crippen LogP contribution in [0.25, 0.3) is 0 Å². The van der Waals surface area contributed by atoms with Gasteiger partial charge in [0.2, 0.25) is 0 Å². The number of nitrogens with zero attached hydrogens (tertiary/aromatic N) is 1. The summed E-state index contributed by atoms with van der Waals surface area (Å²) in [6, 6.07) is 0.637. The smallest absolute Gasteiger partial charge is 0.328 e. The number of benzene rings is 1. The Balaban J connectivity index is 3.14. The molecule has 0 bridgehead atoms. The van der Waals surface area contributed by atoms with Gasteiger partial charge in [0.05, 0.1) is 22.1 Å². The van der Waals surface area contributed by atoms with Crippen LogP contribution >= 0.6 is 15.9 Å². The van der Waals surface area contributed by atoms with Gasteiger partial charge in [-0.3, -0.25) is 10.1 Å². The minimum atomic E-state index is -1.24. The van der Waals surface area contributed by atoms with Crippen LogP contribution in [-0.2, 0) is 9.53 Å². The highest BCUT2D eigenvalue weighted by atomic mass is 79.9. The van der Waals surface area contributed by atoms with E-state index in [4.69, 9.17) is 9.84 Å². The maximum atomic E-state index is 13.2. The Morgan fingerprint density at radius 2 is 2.32 bits per heavy atom. The molecule has 19 heavy (non-hydrogen) atoms. The number of aliphatic carboxylic acids is 1. The van der Waals surface area contributed by atoms with Gasteiger partial charge in [0.15, 0.2) is 0 Å². The fourth-order valence-electron chi connectivity index (χ4n) is 1.33. The molecule has 104 valence electrons. The molecule has 0 saturated heterocycles. The van der Waals surface area contributed by atoms with E-state index in [1.54, 1.807) is 0 Å². The van der Waals surface area contributed by atoms with Gasteiger partial charge in [-0.1, -0.05) is 0 Å². The predicted octanol–water partition coefficient (Wildman–Crippen LogP) is 2.01. The van der Waals surface area contributed by atoms with Crippen LogP contribution in [0.15, 0.2) is 16.6 Å². The number of hydrogen-bond acceptors (Lipinski definition) is 5. The minimum absolute atomic E-state index is 0.0119. The second-order valence-corrected chi connectivity index (χ2v) is 4.39. The van der Waals surface area contributed by atoms with Gasteiger partial charge in [-0.15, -0.1) is 0 Å². The van der Waals surface area contributed by atoms with Gasteiger partial charge in [0.1, 0.15) is 17.5 Å². The largest absolute Gasteiger partial charge is 0.480 e. The maximum absolute atomic E-state index is 13.2. The summed E-state index contributed by atoms with van der Waals surface area (Å²) in [7, 11) is 1.30. The molecule has 0 aromatic heterocycles. The third kappa shape index (κ3) is 3.86. The Hall–Kier alpha value is -1.74. The standard InChI is InChI=1S/C10H10BrFN2O5/c1-19-4-8(10(15)16)13-7-2-5(11)6(12)3-9(7)14(17)18/h2-3,8,13H,4H2,1H3,(H,15,16). The summed E-state index contributed by atoms with van der Waals surface area (Å²) in [4.78, 5) is 20.9. The van der Waals surface area contributed by atoms with Crippen LogP contribution < -0.4 is 5.32 Å². The predicted molar refractivity (Wildman–Crippen MR) is 67.7 cm³/mol. The quantitative estimate of drug-likeness (QED) is 0.608. The number of rotatable bonds is 6. The summed E-state index contributed by atoms with van der Waals surface area (Å²) in [5.41, 5.74) is -0.661. The van der Waals surface area contributed by atoms with Crippen LogP contribution in [0.1, 0.15) is 0 Å². The number of anilines is 1. The molecule has 0 radical (unpaired) electrons. The molecule has 1 rings (SSSR count). The number of carbonyl (C=O) groups is 1. The highest BCUT2D eigenvalue weighted by molar-refractivity contribution is 9.10. The van der Waals surface area contributed by atoms with Gasteiger partial charge in [0, 0.05) is 7.11 Å². The van der Waals surface area contributed by atoms with Crippen LogP contribution in [0.3, 0.4) is 0 Å². The van der Waals surface area contributed by atoms with E-state index in [2.05, 4.69) is 21.2 Å². The first-order valence-corrected chi connectivity index (χ1v) is 5.77. The molecule has 9 heteroatoms. The molecule has 2 N–H and O–H groups in total. The van der Waals surface area contributed by atoms with Gasteiger partial charge in [-0.05, 0) is 22.0 Å². The van der Waals surface area contributed by atoms with Crippen LogP contribution in [0.4, 0.5) is 15.8 Å². The third-order valence-corrected chi connectivity index (χ3v) is 2.80. The van der Waals surface area contributed by atoms with E-state index in [-0.39, 0.29) is 16.8 Å². The van der Waals surface area contributed by atoms with E-state index in [1.165, 1.54) is 7.11 Å². The van der Waals surface area contributed by atoms with E-state index in [1.807, 2.05) is 0 Å².